The van der Waals surface area contributed by atoms with Gasteiger partial charge in [0.05, 0.1) is 34.3 Å². The van der Waals surface area contributed by atoms with Crippen molar-refractivity contribution in [2.24, 2.45) is 0 Å². The number of carbonyl (C=O) groups excluding carboxylic acids is 1. The predicted molar refractivity (Wildman–Crippen MR) is 134 cm³/mol. The molecule has 1 fully saturated rings. The summed E-state index contributed by atoms with van der Waals surface area (Å²) in [7, 11) is -1.35. The summed E-state index contributed by atoms with van der Waals surface area (Å²) in [6.07, 6.45) is 2.35. The molecule has 0 bridgehead atoms. The second kappa shape index (κ2) is 9.35. The number of thioether (sulfide) groups is 1. The fourth-order valence-electron chi connectivity index (χ4n) is 4.20. The molecule has 2 atom stereocenters. The Morgan fingerprint density at radius 3 is 2.55 bits per heavy atom. The smallest absolute Gasteiger partial charge is 0.235 e. The summed E-state index contributed by atoms with van der Waals surface area (Å²) < 4.78 is 25.9. The van der Waals surface area contributed by atoms with Crippen molar-refractivity contribution in [3.05, 3.63) is 65.9 Å². The number of carbonyl (C=O) groups is 1. The second-order valence-electron chi connectivity index (χ2n) is 8.61. The molecule has 0 aliphatic carbocycles. The van der Waals surface area contributed by atoms with E-state index < -0.39 is 15.1 Å². The molecule has 2 unspecified atom stereocenters. The summed E-state index contributed by atoms with van der Waals surface area (Å²) in [5.74, 6) is 0.106. The van der Waals surface area contributed by atoms with Crippen LogP contribution in [0.3, 0.4) is 0 Å². The van der Waals surface area contributed by atoms with Gasteiger partial charge in [0.2, 0.25) is 5.91 Å². The average molecular weight is 484 g/mol. The number of hydrogen-bond donors (Lipinski definition) is 0. The minimum atomic E-state index is -3.05. The van der Waals surface area contributed by atoms with Crippen molar-refractivity contribution in [3.8, 4) is 16.9 Å². The maximum atomic E-state index is 13.2. The molecule has 1 aromatic heterocycles. The summed E-state index contributed by atoms with van der Waals surface area (Å²) in [4.78, 5) is 19.5. The van der Waals surface area contributed by atoms with E-state index in [2.05, 4.69) is 42.7 Å². The maximum Gasteiger partial charge on any atom is 0.235 e. The van der Waals surface area contributed by atoms with E-state index in [9.17, 15) is 13.2 Å². The maximum absolute atomic E-state index is 13.2. The number of nitrogens with zero attached hydrogens (tertiary/aromatic N) is 3. The van der Waals surface area contributed by atoms with Crippen molar-refractivity contribution >= 4 is 27.5 Å². The minimum Gasteiger partial charge on any atom is -0.341 e. The molecule has 0 radical (unpaired) electrons. The Bertz CT molecular complexity index is 1270. The van der Waals surface area contributed by atoms with Crippen molar-refractivity contribution < 1.29 is 13.2 Å². The van der Waals surface area contributed by atoms with Crippen molar-refractivity contribution in [2.45, 2.75) is 43.6 Å². The number of imidazole rings is 1. The molecule has 0 spiro atoms. The van der Waals surface area contributed by atoms with Crippen molar-refractivity contribution in [2.75, 3.05) is 18.6 Å². The first kappa shape index (κ1) is 23.6. The van der Waals surface area contributed by atoms with Crippen LogP contribution in [-0.2, 0) is 14.6 Å². The minimum absolute atomic E-state index is 0.0435. The second-order valence-corrected chi connectivity index (χ2v) is 12.1. The van der Waals surface area contributed by atoms with E-state index in [-0.39, 0.29) is 23.5 Å². The Morgan fingerprint density at radius 2 is 1.88 bits per heavy atom. The Balaban J connectivity index is 1.67. The van der Waals surface area contributed by atoms with Crippen LogP contribution in [0.5, 0.6) is 0 Å². The Kier molecular flexibility index (Phi) is 6.68. The molecule has 1 aliphatic rings. The van der Waals surface area contributed by atoms with E-state index in [1.54, 1.807) is 11.9 Å². The van der Waals surface area contributed by atoms with E-state index in [4.69, 9.17) is 4.98 Å². The largest absolute Gasteiger partial charge is 0.341 e. The highest BCUT2D eigenvalue weighted by Gasteiger charge is 2.34. The van der Waals surface area contributed by atoms with Gasteiger partial charge in [-0.05, 0) is 44.4 Å². The van der Waals surface area contributed by atoms with Crippen LogP contribution in [0.15, 0.2) is 59.9 Å². The molecule has 8 heteroatoms. The van der Waals surface area contributed by atoms with Gasteiger partial charge >= 0.3 is 0 Å². The van der Waals surface area contributed by atoms with Crippen LogP contribution in [0.4, 0.5) is 0 Å². The van der Waals surface area contributed by atoms with Crippen LogP contribution < -0.4 is 0 Å². The molecule has 1 amide bonds. The zero-order valence-corrected chi connectivity index (χ0v) is 21.0. The van der Waals surface area contributed by atoms with Gasteiger partial charge in [0.25, 0.3) is 0 Å². The first-order valence-electron chi connectivity index (χ1n) is 11.0. The van der Waals surface area contributed by atoms with E-state index in [0.29, 0.717) is 6.42 Å². The molecule has 1 saturated heterocycles. The Hall–Kier alpha value is -2.58. The first-order chi connectivity index (χ1) is 15.7. The van der Waals surface area contributed by atoms with Crippen LogP contribution in [0.25, 0.3) is 16.9 Å². The lowest BCUT2D eigenvalue weighted by atomic mass is 10.1. The highest BCUT2D eigenvalue weighted by molar-refractivity contribution is 8.00. The molecule has 2 heterocycles. The monoisotopic (exact) mass is 483 g/mol. The molecule has 2 aromatic carbocycles. The first-order valence-corrected chi connectivity index (χ1v) is 13.7. The van der Waals surface area contributed by atoms with E-state index in [1.165, 1.54) is 17.3 Å². The van der Waals surface area contributed by atoms with E-state index in [0.717, 1.165) is 27.7 Å². The highest BCUT2D eigenvalue weighted by atomic mass is 32.2. The average Bonchev–Trinajstić information content (AvgIpc) is 3.38. The van der Waals surface area contributed by atoms with Gasteiger partial charge in [-0.3, -0.25) is 9.36 Å². The number of sulfone groups is 1. The lowest BCUT2D eigenvalue weighted by Gasteiger charge is -2.26. The molecule has 0 N–H and O–H groups in total. The summed E-state index contributed by atoms with van der Waals surface area (Å²) in [5, 5.41) is 0.323. The topological polar surface area (TPSA) is 72.3 Å². The van der Waals surface area contributed by atoms with Crippen molar-refractivity contribution in [1.82, 2.24) is 14.5 Å². The zero-order valence-electron chi connectivity index (χ0n) is 19.4. The van der Waals surface area contributed by atoms with Crippen molar-refractivity contribution in [3.63, 3.8) is 0 Å². The molecule has 174 valence electrons. The number of aromatic nitrogens is 2. The molecule has 1 aliphatic heterocycles. The fraction of sp³-hybridized carbons (Fsp3) is 0.360. The molecule has 4 rings (SSSR count). The van der Waals surface area contributed by atoms with Crippen molar-refractivity contribution in [1.29, 1.82) is 0 Å². The number of aryl methyl sites for hydroxylation is 1. The molecule has 33 heavy (non-hydrogen) atoms. The quantitative estimate of drug-likeness (QED) is 0.489. The molecule has 0 saturated carbocycles. The lowest BCUT2D eigenvalue weighted by molar-refractivity contribution is -0.130. The number of amides is 1. The SMILES string of the molecule is Cc1cccc(-n2c(-c3ccccc3)cnc2SC(C)C(=O)N(C)C2CCS(=O)(=O)C2)c1C. The highest BCUT2D eigenvalue weighted by Crippen LogP contribution is 2.34. The molecule has 3 aromatic rings. The van der Waals surface area contributed by atoms with Gasteiger partial charge in [0, 0.05) is 18.7 Å². The van der Waals surface area contributed by atoms with Gasteiger partial charge in [0.1, 0.15) is 0 Å². The van der Waals surface area contributed by atoms with Crippen LogP contribution in [0.1, 0.15) is 24.5 Å². The molecular formula is C25H29N3O3S2. The Morgan fingerprint density at radius 1 is 1.15 bits per heavy atom. The van der Waals surface area contributed by atoms with E-state index in [1.807, 2.05) is 37.4 Å². The van der Waals surface area contributed by atoms with Gasteiger partial charge in [0.15, 0.2) is 15.0 Å². The predicted octanol–water partition coefficient (Wildman–Crippen LogP) is 4.28. The third-order valence-corrected chi connectivity index (χ3v) is 9.15. The van der Waals surface area contributed by atoms with Crippen LogP contribution in [-0.4, -0.2) is 58.6 Å². The molecular weight excluding hydrogens is 454 g/mol. The van der Waals surface area contributed by atoms with Gasteiger partial charge in [-0.15, -0.1) is 0 Å². The Labute approximate surface area is 199 Å². The normalized spacial score (nSPS) is 18.2. The van der Waals surface area contributed by atoms with Gasteiger partial charge in [-0.2, -0.15) is 0 Å². The number of rotatable bonds is 6. The standard InChI is InChI=1S/C25H29N3O3S2/c1-17-9-8-12-22(18(17)2)28-23(20-10-6-5-7-11-20)15-26-25(28)32-19(3)24(29)27(4)21-13-14-33(30,31)16-21/h5-12,15,19,21H,13-14,16H2,1-4H3. The van der Waals surface area contributed by atoms with Crippen LogP contribution in [0.2, 0.25) is 0 Å². The van der Waals surface area contributed by atoms with Crippen LogP contribution >= 0.6 is 11.8 Å². The third kappa shape index (κ3) is 4.87. The third-order valence-electron chi connectivity index (χ3n) is 6.35. The number of hydrogen-bond acceptors (Lipinski definition) is 5. The van der Waals surface area contributed by atoms with Crippen LogP contribution in [0, 0.1) is 13.8 Å². The number of benzene rings is 2. The zero-order chi connectivity index (χ0) is 23.8. The summed E-state index contributed by atoms with van der Waals surface area (Å²) in [6.45, 7) is 6.04. The summed E-state index contributed by atoms with van der Waals surface area (Å²) >= 11 is 1.40. The lowest BCUT2D eigenvalue weighted by Crippen LogP contribution is -2.41. The summed E-state index contributed by atoms with van der Waals surface area (Å²) in [5.41, 5.74) is 5.37. The summed E-state index contributed by atoms with van der Waals surface area (Å²) in [6, 6.07) is 16.0. The fourth-order valence-corrected chi connectivity index (χ4v) is 6.97. The van der Waals surface area contributed by atoms with Gasteiger partial charge in [-0.25, -0.2) is 13.4 Å². The van der Waals surface area contributed by atoms with E-state index >= 15 is 0 Å². The molecule has 6 nitrogen and oxygen atoms in total. The van der Waals surface area contributed by atoms with Gasteiger partial charge in [-0.1, -0.05) is 54.2 Å². The van der Waals surface area contributed by atoms with Gasteiger partial charge < -0.3 is 4.90 Å².